The van der Waals surface area contributed by atoms with E-state index < -0.39 is 0 Å². The molecule has 2 aromatic rings. The largest absolute Gasteiger partial charge is 0.493 e. The van der Waals surface area contributed by atoms with Gasteiger partial charge in [-0.05, 0) is 12.1 Å². The molecule has 0 radical (unpaired) electrons. The highest BCUT2D eigenvalue weighted by molar-refractivity contribution is 5.32. The second-order valence-electron chi connectivity index (χ2n) is 4.66. The van der Waals surface area contributed by atoms with Gasteiger partial charge in [-0.25, -0.2) is 4.39 Å². The van der Waals surface area contributed by atoms with Crippen molar-refractivity contribution in [1.82, 2.24) is 0 Å². The number of benzene rings is 2. The van der Waals surface area contributed by atoms with Crippen molar-refractivity contribution in [2.45, 2.75) is 19.6 Å². The van der Waals surface area contributed by atoms with Crippen LogP contribution in [0.2, 0.25) is 0 Å². The quantitative estimate of drug-likeness (QED) is 0.759. The van der Waals surface area contributed by atoms with Crippen LogP contribution in [0.25, 0.3) is 0 Å². The fourth-order valence-corrected chi connectivity index (χ4v) is 1.95. The van der Waals surface area contributed by atoms with Crippen molar-refractivity contribution in [1.29, 1.82) is 0 Å². The van der Waals surface area contributed by atoms with Crippen LogP contribution >= 0.6 is 0 Å². The number of halogens is 1. The number of nitrogens with two attached hydrogens (primary N) is 1. The molecule has 3 nitrogen and oxygen atoms in total. The van der Waals surface area contributed by atoms with Crippen molar-refractivity contribution < 1.29 is 13.9 Å². The molecule has 0 heterocycles. The second kappa shape index (κ2) is 8.39. The number of ether oxygens (including phenoxy) is 2. The third kappa shape index (κ3) is 4.85. The minimum atomic E-state index is -0.231. The zero-order valence-corrected chi connectivity index (χ0v) is 11.9. The Labute approximate surface area is 124 Å². The number of rotatable bonds is 8. The first-order chi connectivity index (χ1) is 10.3. The summed E-state index contributed by atoms with van der Waals surface area (Å²) < 4.78 is 24.5. The topological polar surface area (TPSA) is 44.5 Å². The van der Waals surface area contributed by atoms with Crippen LogP contribution in [0.1, 0.15) is 17.5 Å². The zero-order chi connectivity index (χ0) is 14.9. The van der Waals surface area contributed by atoms with E-state index >= 15 is 0 Å². The van der Waals surface area contributed by atoms with E-state index in [9.17, 15) is 4.39 Å². The minimum absolute atomic E-state index is 0.231. The lowest BCUT2D eigenvalue weighted by atomic mass is 10.2. The normalized spacial score (nSPS) is 10.6. The summed E-state index contributed by atoms with van der Waals surface area (Å²) in [6.45, 7) is 1.82. The average molecular weight is 289 g/mol. The van der Waals surface area contributed by atoms with E-state index in [2.05, 4.69) is 0 Å². The molecule has 0 atom stereocenters. The standard InChI is InChI=1S/C17H20FNO2/c18-16-8-3-1-7-15(16)13-20-10-5-11-21-17-9-4-2-6-14(17)12-19/h1-4,6-9H,5,10-13,19H2. The average Bonchev–Trinajstić information content (AvgIpc) is 2.52. The van der Waals surface area contributed by atoms with E-state index in [4.69, 9.17) is 15.2 Å². The number of hydrogen-bond donors (Lipinski definition) is 1. The van der Waals surface area contributed by atoms with Crippen molar-refractivity contribution in [2.75, 3.05) is 13.2 Å². The highest BCUT2D eigenvalue weighted by Gasteiger charge is 2.02. The Morgan fingerprint density at radius 2 is 1.62 bits per heavy atom. The number of hydrogen-bond acceptors (Lipinski definition) is 3. The summed E-state index contributed by atoms with van der Waals surface area (Å²) in [7, 11) is 0. The van der Waals surface area contributed by atoms with Crippen LogP contribution in [0, 0.1) is 5.82 Å². The maximum Gasteiger partial charge on any atom is 0.128 e. The van der Waals surface area contributed by atoms with Gasteiger partial charge in [-0.15, -0.1) is 0 Å². The fraction of sp³-hybridized carbons (Fsp3) is 0.294. The van der Waals surface area contributed by atoms with E-state index in [0.29, 0.717) is 25.3 Å². The van der Waals surface area contributed by atoms with E-state index in [-0.39, 0.29) is 12.4 Å². The summed E-state index contributed by atoms with van der Waals surface area (Å²) in [4.78, 5) is 0. The molecule has 0 unspecified atom stereocenters. The van der Waals surface area contributed by atoms with Gasteiger partial charge in [0.25, 0.3) is 0 Å². The Morgan fingerprint density at radius 3 is 2.38 bits per heavy atom. The van der Waals surface area contributed by atoms with Gasteiger partial charge in [0.15, 0.2) is 0 Å². The first-order valence-corrected chi connectivity index (χ1v) is 7.03. The molecular formula is C17H20FNO2. The molecule has 4 heteroatoms. The fourth-order valence-electron chi connectivity index (χ4n) is 1.95. The highest BCUT2D eigenvalue weighted by atomic mass is 19.1. The van der Waals surface area contributed by atoms with Gasteiger partial charge in [0.1, 0.15) is 11.6 Å². The molecule has 2 rings (SSSR count). The van der Waals surface area contributed by atoms with E-state index in [0.717, 1.165) is 17.7 Å². The molecule has 0 bridgehead atoms. The Balaban J connectivity index is 1.65. The lowest BCUT2D eigenvalue weighted by molar-refractivity contribution is 0.105. The molecule has 2 N–H and O–H groups in total. The molecule has 0 amide bonds. The van der Waals surface area contributed by atoms with Gasteiger partial charge < -0.3 is 15.2 Å². The Kier molecular flexibility index (Phi) is 6.19. The highest BCUT2D eigenvalue weighted by Crippen LogP contribution is 2.17. The van der Waals surface area contributed by atoms with Gasteiger partial charge in [-0.1, -0.05) is 36.4 Å². The summed E-state index contributed by atoms with van der Waals surface area (Å²) in [5, 5.41) is 0. The summed E-state index contributed by atoms with van der Waals surface area (Å²) in [6, 6.07) is 14.3. The van der Waals surface area contributed by atoms with Gasteiger partial charge in [0.2, 0.25) is 0 Å². The molecule has 0 aliphatic carbocycles. The minimum Gasteiger partial charge on any atom is -0.493 e. The summed E-state index contributed by atoms with van der Waals surface area (Å²) in [5.41, 5.74) is 7.21. The monoisotopic (exact) mass is 289 g/mol. The predicted octanol–water partition coefficient (Wildman–Crippen LogP) is 3.27. The van der Waals surface area contributed by atoms with Gasteiger partial charge >= 0.3 is 0 Å². The molecular weight excluding hydrogens is 269 g/mol. The molecule has 0 aromatic heterocycles. The Bertz CT molecular complexity index is 560. The molecule has 0 fully saturated rings. The lowest BCUT2D eigenvalue weighted by Crippen LogP contribution is -2.06. The van der Waals surface area contributed by atoms with Gasteiger partial charge in [-0.3, -0.25) is 0 Å². The number of para-hydroxylation sites is 1. The van der Waals surface area contributed by atoms with Crippen molar-refractivity contribution in [3.8, 4) is 5.75 Å². The van der Waals surface area contributed by atoms with Crippen LogP contribution in [0.5, 0.6) is 5.75 Å². The summed E-state index contributed by atoms with van der Waals surface area (Å²) in [5.74, 6) is 0.583. The van der Waals surface area contributed by atoms with Crippen molar-refractivity contribution >= 4 is 0 Å². The molecule has 0 aliphatic rings. The second-order valence-corrected chi connectivity index (χ2v) is 4.66. The lowest BCUT2D eigenvalue weighted by Gasteiger charge is -2.10. The molecule has 0 spiro atoms. The van der Waals surface area contributed by atoms with Crippen LogP contribution in [0.4, 0.5) is 4.39 Å². The molecule has 0 saturated carbocycles. The van der Waals surface area contributed by atoms with Gasteiger partial charge in [0, 0.05) is 24.1 Å². The van der Waals surface area contributed by atoms with E-state index in [1.807, 2.05) is 24.3 Å². The van der Waals surface area contributed by atoms with Gasteiger partial charge in [0.05, 0.1) is 19.8 Å². The Morgan fingerprint density at radius 1 is 0.905 bits per heavy atom. The van der Waals surface area contributed by atoms with E-state index in [1.165, 1.54) is 6.07 Å². The van der Waals surface area contributed by atoms with Gasteiger partial charge in [-0.2, -0.15) is 0 Å². The molecule has 0 aliphatic heterocycles. The third-order valence-electron chi connectivity index (χ3n) is 3.10. The molecule has 2 aromatic carbocycles. The van der Waals surface area contributed by atoms with Crippen LogP contribution in [-0.2, 0) is 17.9 Å². The van der Waals surface area contributed by atoms with Crippen LogP contribution < -0.4 is 10.5 Å². The zero-order valence-electron chi connectivity index (χ0n) is 11.9. The maximum atomic E-state index is 13.4. The summed E-state index contributed by atoms with van der Waals surface area (Å²) >= 11 is 0. The molecule has 21 heavy (non-hydrogen) atoms. The first-order valence-electron chi connectivity index (χ1n) is 7.03. The first kappa shape index (κ1) is 15.5. The Hall–Kier alpha value is -1.91. The van der Waals surface area contributed by atoms with Crippen molar-refractivity contribution in [2.24, 2.45) is 5.73 Å². The van der Waals surface area contributed by atoms with Crippen molar-refractivity contribution in [3.63, 3.8) is 0 Å². The van der Waals surface area contributed by atoms with Crippen molar-refractivity contribution in [3.05, 3.63) is 65.5 Å². The summed E-state index contributed by atoms with van der Waals surface area (Å²) in [6.07, 6.45) is 0.743. The van der Waals surface area contributed by atoms with Crippen LogP contribution in [-0.4, -0.2) is 13.2 Å². The molecule has 112 valence electrons. The predicted molar refractivity (Wildman–Crippen MR) is 80.5 cm³/mol. The smallest absolute Gasteiger partial charge is 0.128 e. The third-order valence-corrected chi connectivity index (χ3v) is 3.10. The van der Waals surface area contributed by atoms with E-state index in [1.54, 1.807) is 18.2 Å². The van der Waals surface area contributed by atoms with Crippen LogP contribution in [0.3, 0.4) is 0 Å². The molecule has 0 saturated heterocycles. The maximum absolute atomic E-state index is 13.4. The SMILES string of the molecule is NCc1ccccc1OCCCOCc1ccccc1F. The van der Waals surface area contributed by atoms with Crippen LogP contribution in [0.15, 0.2) is 48.5 Å².